The van der Waals surface area contributed by atoms with Crippen LogP contribution in [0.5, 0.6) is 0 Å². The topological polar surface area (TPSA) is 148 Å². The van der Waals surface area contributed by atoms with E-state index in [2.05, 4.69) is 50.9 Å². The van der Waals surface area contributed by atoms with Crippen molar-refractivity contribution in [3.8, 4) is 5.40 Å². The summed E-state index contributed by atoms with van der Waals surface area (Å²) in [7, 11) is 0. The fraction of sp³-hybridized carbons (Fsp3) is 0.810. The molecule has 3 fully saturated rings. The fourth-order valence-electron chi connectivity index (χ4n) is 4.45. The van der Waals surface area contributed by atoms with Crippen LogP contribution >= 0.6 is 24.4 Å². The van der Waals surface area contributed by atoms with Crippen LogP contribution in [0, 0.1) is 28.4 Å². The molecule has 0 amide bonds. The van der Waals surface area contributed by atoms with E-state index in [0.29, 0.717) is 24.7 Å². The molecule has 3 aliphatic rings. The van der Waals surface area contributed by atoms with E-state index in [9.17, 15) is 9.90 Å². The predicted octanol–water partition coefficient (Wildman–Crippen LogP) is 5.27. The molecule has 0 spiro atoms. The predicted molar refractivity (Wildman–Crippen MR) is 137 cm³/mol. The van der Waals surface area contributed by atoms with E-state index < -0.39 is 5.97 Å². The van der Waals surface area contributed by atoms with Crippen molar-refractivity contribution >= 4 is 53.4 Å². The summed E-state index contributed by atoms with van der Waals surface area (Å²) in [6.45, 7) is 6.36. The molecule has 0 aliphatic carbocycles. The smallest absolute Gasteiger partial charge is 0.753 e. The molecule has 0 radical (unpaired) electrons. The van der Waals surface area contributed by atoms with Crippen LogP contribution in [0.15, 0.2) is 0 Å². The Kier molecular flexibility index (Phi) is 21.5. The number of aliphatic carboxylic acids is 1. The van der Waals surface area contributed by atoms with Crippen LogP contribution in [-0.4, -0.2) is 58.7 Å². The number of nitriles is 1. The third-order valence-corrected chi connectivity index (χ3v) is 5.93. The molecule has 0 aromatic rings. The van der Waals surface area contributed by atoms with Gasteiger partial charge in [-0.15, -0.1) is 13.1 Å². The summed E-state index contributed by atoms with van der Waals surface area (Å²) in [5, 5.41) is 49.6. The van der Waals surface area contributed by atoms with Crippen LogP contribution in [0.3, 0.4) is 0 Å². The molecule has 3 rings (SSSR count). The summed E-state index contributed by atoms with van der Waals surface area (Å²) >= 11 is 11.1. The first kappa shape index (κ1) is 34.5. The Hall–Kier alpha value is -0.717. The minimum Gasteiger partial charge on any atom is -0.753 e. The van der Waals surface area contributed by atoms with E-state index in [1.54, 1.807) is 0 Å². The average Bonchev–Trinajstić information content (AvgIpc) is 2.75. The van der Waals surface area contributed by atoms with Gasteiger partial charge < -0.3 is 44.5 Å². The van der Waals surface area contributed by atoms with Crippen LogP contribution in [-0.2, 0) is 36.9 Å². The van der Waals surface area contributed by atoms with Crippen molar-refractivity contribution in [2.75, 3.05) is 13.1 Å². The third kappa shape index (κ3) is 14.3. The van der Waals surface area contributed by atoms with Gasteiger partial charge in [-0.25, -0.2) is 5.26 Å². The van der Waals surface area contributed by atoms with Crippen LogP contribution in [0.2, 0.25) is 0 Å². The minimum atomic E-state index is -0.664. The number of hydrogen-bond acceptors (Lipinski definition) is 5. The molecule has 6 atom stereocenters. The zero-order valence-corrected chi connectivity index (χ0v) is 23.0. The van der Waals surface area contributed by atoms with E-state index >= 15 is 0 Å². The van der Waals surface area contributed by atoms with Crippen LogP contribution in [0.4, 0.5) is 0 Å². The van der Waals surface area contributed by atoms with Gasteiger partial charge in [0.15, 0.2) is 0 Å². The molecule has 1 N–H and O–H groups in total. The first-order valence-electron chi connectivity index (χ1n) is 10.6. The largest absolute Gasteiger partial charge is 6.00 e. The molecule has 3 saturated heterocycles. The molecule has 33 heavy (non-hydrogen) atoms. The Bertz CT molecular complexity index is 627. The van der Waals surface area contributed by atoms with Crippen molar-refractivity contribution in [3.63, 3.8) is 0 Å². The molecular weight excluding hydrogens is 566 g/mol. The fourth-order valence-corrected chi connectivity index (χ4v) is 4.45. The van der Waals surface area contributed by atoms with Crippen molar-refractivity contribution in [1.29, 1.82) is 5.26 Å². The van der Waals surface area contributed by atoms with Gasteiger partial charge in [-0.2, -0.15) is 34.5 Å². The number of thiocarbonyl (C=S) groups is 2. The molecule has 0 saturated carbocycles. The monoisotopic (exact) mass is 596 g/mol. The molecule has 0 aromatic heterocycles. The summed E-state index contributed by atoms with van der Waals surface area (Å²) in [5.41, 5.74) is 0. The molecule has 8 nitrogen and oxygen atoms in total. The number of carbonyl (C=O) groups is 1. The van der Waals surface area contributed by atoms with Crippen molar-refractivity contribution in [1.82, 2.24) is 0 Å². The van der Waals surface area contributed by atoms with Gasteiger partial charge in [-0.1, -0.05) is 82.2 Å². The second kappa shape index (κ2) is 20.6. The number of rotatable bonds is 3. The Morgan fingerprint density at radius 1 is 0.939 bits per heavy atom. The van der Waals surface area contributed by atoms with Gasteiger partial charge in [-0.05, 0) is 11.8 Å². The normalized spacial score (nSPS) is 32.5. The summed E-state index contributed by atoms with van der Waals surface area (Å²) in [5.74, 6) is 0.413. The average molecular weight is 596 g/mol. The molecule has 3 heterocycles. The minimum absolute atomic E-state index is 0. The number of hydrogen-bond donors (Lipinski definition) is 1. The Morgan fingerprint density at radius 2 is 1.27 bits per heavy atom. The van der Waals surface area contributed by atoms with E-state index in [1.165, 1.54) is 15.7 Å². The number of thiocyanates is 1. The second-order valence-corrected chi connectivity index (χ2v) is 8.82. The van der Waals surface area contributed by atoms with Crippen molar-refractivity contribution < 1.29 is 29.4 Å². The number of carboxylic acids is 1. The van der Waals surface area contributed by atoms with Crippen molar-refractivity contribution in [3.05, 3.63) is 26.8 Å². The number of isothiocyanates is 2. The summed E-state index contributed by atoms with van der Waals surface area (Å²) in [6, 6.07) is 0.629. The van der Waals surface area contributed by atoms with Gasteiger partial charge in [0.2, 0.25) is 0 Å². The van der Waals surface area contributed by atoms with Crippen LogP contribution in [0.1, 0.15) is 52.4 Å². The molecular formula is C21H30N6O2RuS3. The summed E-state index contributed by atoms with van der Waals surface area (Å²) in [6.07, 6.45) is 5.76. The van der Waals surface area contributed by atoms with Crippen LogP contribution < -0.4 is 0 Å². The maximum atomic E-state index is 11.6. The van der Waals surface area contributed by atoms with Gasteiger partial charge >= 0.3 is 25.4 Å². The zero-order valence-electron chi connectivity index (χ0n) is 18.8. The Balaban J connectivity index is 0. The maximum Gasteiger partial charge on any atom is 6.00 e. The van der Waals surface area contributed by atoms with E-state index in [1.807, 2.05) is 0 Å². The molecule has 0 aromatic carbocycles. The van der Waals surface area contributed by atoms with Crippen molar-refractivity contribution in [2.45, 2.75) is 76.5 Å². The van der Waals surface area contributed by atoms with Gasteiger partial charge in [-0.3, -0.25) is 4.79 Å². The SMILES string of the molecule is CC1CC[N-]C(C2CC(C(=O)O)CC(C3CC(C)CC[N-]3)[N-]2)C1.N#C[S-].[N-]=C=S.[N-]=C=S.[Ru+6]. The first-order valence-corrected chi connectivity index (χ1v) is 11.8. The second-order valence-electron chi connectivity index (χ2n) is 8.27. The Morgan fingerprint density at radius 3 is 1.55 bits per heavy atom. The Labute approximate surface area is 226 Å². The van der Waals surface area contributed by atoms with E-state index in [-0.39, 0.29) is 49.6 Å². The number of nitrogens with zero attached hydrogens (tertiary/aromatic N) is 6. The number of carboxylic acid groups (broad SMARTS) is 1. The van der Waals surface area contributed by atoms with Gasteiger partial charge in [0, 0.05) is 0 Å². The van der Waals surface area contributed by atoms with Gasteiger partial charge in [0.1, 0.15) is 0 Å². The quantitative estimate of drug-likeness (QED) is 0.155. The standard InChI is InChI=1S/C18H30N3O2.CHNS.2CNS.Ru/c1-11-3-5-19-14(7-11)16-9-13(18(22)23)10-17(21-16)15-8-12(2)4-6-20-15;3*2-1-3;/h11-17H,3-10H2,1-2H3,(H,22,23);3H;;;/q-3;;2*-1;+6/p-1. The zero-order chi connectivity index (χ0) is 24.5. The summed E-state index contributed by atoms with van der Waals surface area (Å²) in [4.78, 5) is 11.6. The molecule has 0 bridgehead atoms. The maximum absolute atomic E-state index is 11.6. The third-order valence-electron chi connectivity index (χ3n) is 5.93. The van der Waals surface area contributed by atoms with E-state index in [4.69, 9.17) is 32.0 Å². The van der Waals surface area contributed by atoms with Gasteiger partial charge in [0.25, 0.3) is 0 Å². The van der Waals surface area contributed by atoms with Crippen LogP contribution in [0.25, 0.3) is 26.8 Å². The number of piperidine rings is 3. The van der Waals surface area contributed by atoms with E-state index in [0.717, 1.165) is 38.8 Å². The van der Waals surface area contributed by atoms with Gasteiger partial charge in [0.05, 0.1) is 5.92 Å². The molecule has 3 aliphatic heterocycles. The molecule has 6 unspecified atom stereocenters. The summed E-state index contributed by atoms with van der Waals surface area (Å²) < 4.78 is 0. The molecule has 182 valence electrons. The first-order chi connectivity index (χ1) is 15.3. The van der Waals surface area contributed by atoms with Crippen molar-refractivity contribution in [2.24, 2.45) is 17.8 Å². The molecule has 12 heteroatoms.